The van der Waals surface area contributed by atoms with Crippen molar-refractivity contribution in [2.75, 3.05) is 5.32 Å². The van der Waals surface area contributed by atoms with Crippen molar-refractivity contribution in [2.45, 2.75) is 59.5 Å². The average Bonchev–Trinajstić information content (AvgIpc) is 2.72. The number of hydrogen-bond donors (Lipinski definition) is 1. The first-order chi connectivity index (χ1) is 14.5. The number of amides is 1. The first-order valence-electron chi connectivity index (χ1n) is 10.8. The summed E-state index contributed by atoms with van der Waals surface area (Å²) in [6.07, 6.45) is 2.76. The Balaban J connectivity index is 2.11. The largest absolute Gasteiger partial charge is 0.514 e. The molecule has 2 atom stereocenters. The summed E-state index contributed by atoms with van der Waals surface area (Å²) in [7, 11) is 0. The van der Waals surface area contributed by atoms with Gasteiger partial charge in [-0.25, -0.2) is 4.79 Å². The van der Waals surface area contributed by atoms with Gasteiger partial charge in [0.25, 0.3) is 5.91 Å². The van der Waals surface area contributed by atoms with E-state index in [1.54, 1.807) is 36.4 Å². The number of anilines is 1. The van der Waals surface area contributed by atoms with Crippen LogP contribution in [0.4, 0.5) is 10.5 Å². The SMILES string of the molecule is CCCC(OC(=O)Oc1ccccc1C(=O)Nc1ccccc1)C(CCC)C(C)C. The van der Waals surface area contributed by atoms with Gasteiger partial charge in [0.2, 0.25) is 0 Å². The molecule has 1 N–H and O–H groups in total. The van der Waals surface area contributed by atoms with E-state index in [0.29, 0.717) is 11.6 Å². The van der Waals surface area contributed by atoms with Gasteiger partial charge in [-0.05, 0) is 48.9 Å². The molecule has 0 saturated carbocycles. The highest BCUT2D eigenvalue weighted by molar-refractivity contribution is 6.06. The molecule has 2 rings (SSSR count). The minimum Gasteiger partial charge on any atom is -0.430 e. The molecule has 0 fully saturated rings. The zero-order valence-electron chi connectivity index (χ0n) is 18.4. The van der Waals surface area contributed by atoms with Gasteiger partial charge in [-0.3, -0.25) is 4.79 Å². The monoisotopic (exact) mass is 411 g/mol. The van der Waals surface area contributed by atoms with E-state index in [1.165, 1.54) is 0 Å². The van der Waals surface area contributed by atoms with Crippen LogP contribution >= 0.6 is 0 Å². The Morgan fingerprint density at radius 3 is 2.17 bits per heavy atom. The second-order valence-corrected chi connectivity index (χ2v) is 7.81. The van der Waals surface area contributed by atoms with Gasteiger partial charge in [0.15, 0.2) is 0 Å². The molecule has 0 saturated heterocycles. The molecule has 0 aliphatic heterocycles. The number of hydrogen-bond acceptors (Lipinski definition) is 4. The molecule has 0 bridgehead atoms. The maximum atomic E-state index is 12.7. The van der Waals surface area contributed by atoms with Gasteiger partial charge in [-0.1, -0.05) is 70.9 Å². The molecule has 162 valence electrons. The lowest BCUT2D eigenvalue weighted by Crippen LogP contribution is -2.31. The zero-order chi connectivity index (χ0) is 21.9. The van der Waals surface area contributed by atoms with Crippen LogP contribution in [0.3, 0.4) is 0 Å². The summed E-state index contributed by atoms with van der Waals surface area (Å²) in [4.78, 5) is 25.3. The number of carbonyl (C=O) groups excluding carboxylic acids is 2. The maximum Gasteiger partial charge on any atom is 0.514 e. The number of nitrogens with one attached hydrogen (secondary N) is 1. The summed E-state index contributed by atoms with van der Waals surface area (Å²) < 4.78 is 11.2. The van der Waals surface area contributed by atoms with Gasteiger partial charge in [0, 0.05) is 5.69 Å². The van der Waals surface area contributed by atoms with Crippen LogP contribution in [0.5, 0.6) is 5.75 Å². The van der Waals surface area contributed by atoms with Gasteiger partial charge >= 0.3 is 6.16 Å². The van der Waals surface area contributed by atoms with E-state index < -0.39 is 6.16 Å². The molecule has 5 heteroatoms. The fraction of sp³-hybridized carbons (Fsp3) is 0.440. The summed E-state index contributed by atoms with van der Waals surface area (Å²) in [6.45, 7) is 8.52. The van der Waals surface area contributed by atoms with Gasteiger partial charge in [-0.2, -0.15) is 0 Å². The van der Waals surface area contributed by atoms with E-state index in [2.05, 4.69) is 33.0 Å². The van der Waals surface area contributed by atoms with Gasteiger partial charge in [0.05, 0.1) is 5.56 Å². The number of ether oxygens (including phenoxy) is 2. The van der Waals surface area contributed by atoms with Gasteiger partial charge in [0.1, 0.15) is 11.9 Å². The molecule has 1 amide bonds. The summed E-state index contributed by atoms with van der Waals surface area (Å²) in [5, 5.41) is 2.81. The van der Waals surface area contributed by atoms with Crippen LogP contribution in [-0.2, 0) is 4.74 Å². The summed E-state index contributed by atoms with van der Waals surface area (Å²) in [5.74, 6) is 0.515. The van der Waals surface area contributed by atoms with Crippen molar-refractivity contribution >= 4 is 17.7 Å². The average molecular weight is 412 g/mol. The molecular weight excluding hydrogens is 378 g/mol. The fourth-order valence-corrected chi connectivity index (χ4v) is 3.63. The van der Waals surface area contributed by atoms with Crippen LogP contribution in [0.25, 0.3) is 0 Å². The minimum atomic E-state index is -0.768. The molecule has 0 heterocycles. The standard InChI is InChI=1S/C25H33NO4/c1-5-12-20(18(3)4)22(13-6-2)29-25(28)30-23-17-11-10-16-21(23)24(27)26-19-14-8-7-9-15-19/h7-11,14-18,20,22H,5-6,12-13H2,1-4H3,(H,26,27). The highest BCUT2D eigenvalue weighted by Gasteiger charge is 2.28. The van der Waals surface area contributed by atoms with E-state index in [1.807, 2.05) is 18.2 Å². The molecule has 2 aromatic rings. The van der Waals surface area contributed by atoms with Crippen LogP contribution in [0.15, 0.2) is 54.6 Å². The second kappa shape index (κ2) is 12.0. The first-order valence-corrected chi connectivity index (χ1v) is 10.8. The second-order valence-electron chi connectivity index (χ2n) is 7.81. The molecular formula is C25H33NO4. The van der Waals surface area contributed by atoms with Crippen LogP contribution in [0.1, 0.15) is 63.7 Å². The quantitative estimate of drug-likeness (QED) is 0.349. The Morgan fingerprint density at radius 2 is 1.53 bits per heavy atom. The van der Waals surface area contributed by atoms with E-state index in [4.69, 9.17) is 9.47 Å². The number of para-hydroxylation sites is 2. The maximum absolute atomic E-state index is 12.7. The highest BCUT2D eigenvalue weighted by Crippen LogP contribution is 2.28. The smallest absolute Gasteiger partial charge is 0.430 e. The Hall–Kier alpha value is -2.82. The lowest BCUT2D eigenvalue weighted by atomic mass is 9.84. The molecule has 2 unspecified atom stereocenters. The number of benzene rings is 2. The van der Waals surface area contributed by atoms with Gasteiger partial charge < -0.3 is 14.8 Å². The highest BCUT2D eigenvalue weighted by atomic mass is 16.7. The Kier molecular flexibility index (Phi) is 9.39. The molecule has 0 aliphatic rings. The van der Waals surface area contributed by atoms with Crippen LogP contribution in [0, 0.1) is 11.8 Å². The lowest BCUT2D eigenvalue weighted by molar-refractivity contribution is 0.0105. The summed E-state index contributed by atoms with van der Waals surface area (Å²) >= 11 is 0. The molecule has 2 aromatic carbocycles. The third-order valence-corrected chi connectivity index (χ3v) is 5.13. The predicted molar refractivity (Wildman–Crippen MR) is 120 cm³/mol. The van der Waals surface area contributed by atoms with Crippen molar-refractivity contribution in [3.63, 3.8) is 0 Å². The van der Waals surface area contributed by atoms with Gasteiger partial charge in [-0.15, -0.1) is 0 Å². The van der Waals surface area contributed by atoms with Crippen molar-refractivity contribution < 1.29 is 19.1 Å². The predicted octanol–water partition coefficient (Wildman–Crippen LogP) is 6.70. The molecule has 0 aromatic heterocycles. The van der Waals surface area contributed by atoms with E-state index in [-0.39, 0.29) is 29.2 Å². The molecule has 0 spiro atoms. The fourth-order valence-electron chi connectivity index (χ4n) is 3.63. The molecule has 30 heavy (non-hydrogen) atoms. The topological polar surface area (TPSA) is 64.6 Å². The lowest BCUT2D eigenvalue weighted by Gasteiger charge is -2.29. The summed E-state index contributed by atoms with van der Waals surface area (Å²) in [6, 6.07) is 15.8. The van der Waals surface area contributed by atoms with Crippen LogP contribution < -0.4 is 10.1 Å². The summed E-state index contributed by atoms with van der Waals surface area (Å²) in [5.41, 5.74) is 0.946. The van der Waals surface area contributed by atoms with Crippen molar-refractivity contribution in [2.24, 2.45) is 11.8 Å². The molecule has 0 radical (unpaired) electrons. The molecule has 5 nitrogen and oxygen atoms in total. The third-order valence-electron chi connectivity index (χ3n) is 5.13. The van der Waals surface area contributed by atoms with E-state index >= 15 is 0 Å². The Bertz CT molecular complexity index is 804. The first kappa shape index (κ1) is 23.5. The van der Waals surface area contributed by atoms with Crippen molar-refractivity contribution in [3.05, 3.63) is 60.2 Å². The normalized spacial score (nSPS) is 12.8. The van der Waals surface area contributed by atoms with Crippen LogP contribution in [-0.4, -0.2) is 18.2 Å². The van der Waals surface area contributed by atoms with Crippen molar-refractivity contribution in [1.29, 1.82) is 0 Å². The molecule has 0 aliphatic carbocycles. The number of rotatable bonds is 10. The number of carbonyl (C=O) groups is 2. The Morgan fingerprint density at radius 1 is 0.900 bits per heavy atom. The third kappa shape index (κ3) is 6.90. The van der Waals surface area contributed by atoms with Crippen molar-refractivity contribution in [1.82, 2.24) is 0 Å². The van der Waals surface area contributed by atoms with E-state index in [0.717, 1.165) is 25.7 Å². The minimum absolute atomic E-state index is 0.183. The van der Waals surface area contributed by atoms with Crippen molar-refractivity contribution in [3.8, 4) is 5.75 Å². The van der Waals surface area contributed by atoms with Crippen LogP contribution in [0.2, 0.25) is 0 Å². The Labute approximate surface area is 179 Å². The zero-order valence-corrected chi connectivity index (χ0v) is 18.4. The van der Waals surface area contributed by atoms with E-state index in [9.17, 15) is 9.59 Å².